The topological polar surface area (TPSA) is 78.8 Å². The van der Waals surface area contributed by atoms with Crippen LogP contribution in [0.5, 0.6) is 0 Å². The van der Waals surface area contributed by atoms with Gasteiger partial charge in [-0.25, -0.2) is 18.1 Å². The molecular weight excluding hydrogens is 359 g/mol. The van der Waals surface area contributed by atoms with Crippen LogP contribution in [0.2, 0.25) is 0 Å². The van der Waals surface area contributed by atoms with E-state index in [4.69, 9.17) is 0 Å². The molecule has 0 aliphatic carbocycles. The number of hydrogen-bond donors (Lipinski definition) is 1. The van der Waals surface area contributed by atoms with Crippen LogP contribution < -0.4 is 5.43 Å². The van der Waals surface area contributed by atoms with Gasteiger partial charge >= 0.3 is 6.18 Å². The van der Waals surface area contributed by atoms with Gasteiger partial charge in [0.25, 0.3) is 0 Å². The van der Waals surface area contributed by atoms with Crippen molar-refractivity contribution in [3.8, 4) is 0 Å². The van der Waals surface area contributed by atoms with E-state index in [2.05, 4.69) is 10.5 Å². The molecule has 0 spiro atoms. The van der Waals surface area contributed by atoms with Gasteiger partial charge in [-0.2, -0.15) is 18.3 Å². The van der Waals surface area contributed by atoms with Crippen LogP contribution in [-0.4, -0.2) is 44.2 Å². The molecule has 1 saturated heterocycles. The highest BCUT2D eigenvalue weighted by Gasteiger charge is 2.33. The lowest BCUT2D eigenvalue weighted by Gasteiger charge is -2.29. The van der Waals surface area contributed by atoms with Crippen molar-refractivity contribution in [1.29, 1.82) is 0 Å². The monoisotopic (exact) mass is 377 g/mol. The Morgan fingerprint density at radius 3 is 2.68 bits per heavy atom. The molecule has 1 aliphatic rings. The molecule has 0 bridgehead atoms. The zero-order valence-electron chi connectivity index (χ0n) is 13.5. The van der Waals surface area contributed by atoms with Crippen LogP contribution in [0, 0.1) is 5.92 Å². The van der Waals surface area contributed by atoms with E-state index in [9.17, 15) is 26.4 Å². The Kier molecular flexibility index (Phi) is 5.83. The van der Waals surface area contributed by atoms with Crippen molar-refractivity contribution in [3.05, 3.63) is 35.4 Å². The molecule has 1 atom stereocenters. The summed E-state index contributed by atoms with van der Waals surface area (Å²) in [5.74, 6) is -1.10. The number of halogens is 3. The predicted molar refractivity (Wildman–Crippen MR) is 86.3 cm³/mol. The van der Waals surface area contributed by atoms with Crippen molar-refractivity contribution in [2.24, 2.45) is 11.0 Å². The van der Waals surface area contributed by atoms with E-state index < -0.39 is 33.6 Å². The number of carbonyl (C=O) groups excluding carboxylic acids is 1. The molecule has 138 valence electrons. The molecule has 2 rings (SSSR count). The molecule has 6 nitrogen and oxygen atoms in total. The van der Waals surface area contributed by atoms with E-state index in [-0.39, 0.29) is 12.1 Å². The van der Waals surface area contributed by atoms with Gasteiger partial charge < -0.3 is 0 Å². The Bertz CT molecular complexity index is 763. The van der Waals surface area contributed by atoms with Crippen molar-refractivity contribution in [2.45, 2.75) is 19.0 Å². The summed E-state index contributed by atoms with van der Waals surface area (Å²) in [5, 5.41) is 3.59. The maximum absolute atomic E-state index is 12.9. The third-order valence-electron chi connectivity index (χ3n) is 3.87. The molecule has 25 heavy (non-hydrogen) atoms. The van der Waals surface area contributed by atoms with Crippen LogP contribution in [-0.2, 0) is 21.0 Å². The molecule has 1 N–H and O–H groups in total. The summed E-state index contributed by atoms with van der Waals surface area (Å²) in [6.07, 6.45) is -1.50. The minimum Gasteiger partial charge on any atom is -0.273 e. The zero-order valence-corrected chi connectivity index (χ0v) is 14.3. The average Bonchev–Trinajstić information content (AvgIpc) is 2.53. The highest BCUT2D eigenvalue weighted by Crippen LogP contribution is 2.31. The lowest BCUT2D eigenvalue weighted by Crippen LogP contribution is -2.44. The van der Waals surface area contributed by atoms with E-state index in [1.165, 1.54) is 22.5 Å². The SMILES string of the molecule is CS(=O)(=O)N1CCCC(C(=O)NN=Cc2ccccc2C(F)(F)F)C1. The quantitative estimate of drug-likeness (QED) is 0.642. The van der Waals surface area contributed by atoms with Gasteiger partial charge in [0, 0.05) is 18.7 Å². The third-order valence-corrected chi connectivity index (χ3v) is 5.14. The molecule has 10 heteroatoms. The maximum atomic E-state index is 12.9. The van der Waals surface area contributed by atoms with Gasteiger partial charge in [0.15, 0.2) is 0 Å². The molecule has 1 aliphatic heterocycles. The number of sulfonamides is 1. The predicted octanol–water partition coefficient (Wildman–Crippen LogP) is 1.83. The minimum atomic E-state index is -4.52. The summed E-state index contributed by atoms with van der Waals surface area (Å²) >= 11 is 0. The number of rotatable bonds is 4. The first kappa shape index (κ1) is 19.4. The van der Waals surface area contributed by atoms with Crippen LogP contribution in [0.15, 0.2) is 29.4 Å². The summed E-state index contributed by atoms with van der Waals surface area (Å²) < 4.78 is 62.9. The molecule has 1 fully saturated rings. The van der Waals surface area contributed by atoms with Gasteiger partial charge in [0.1, 0.15) is 0 Å². The van der Waals surface area contributed by atoms with E-state index in [1.807, 2.05) is 0 Å². The van der Waals surface area contributed by atoms with Crippen LogP contribution in [0.3, 0.4) is 0 Å². The first-order valence-corrected chi connectivity index (χ1v) is 9.38. The molecule has 1 aromatic carbocycles. The van der Waals surface area contributed by atoms with Crippen molar-refractivity contribution in [3.63, 3.8) is 0 Å². The Morgan fingerprint density at radius 2 is 2.04 bits per heavy atom. The smallest absolute Gasteiger partial charge is 0.273 e. The van der Waals surface area contributed by atoms with Crippen molar-refractivity contribution < 1.29 is 26.4 Å². The molecule has 1 amide bonds. The van der Waals surface area contributed by atoms with Crippen molar-refractivity contribution in [2.75, 3.05) is 19.3 Å². The normalized spacial score (nSPS) is 19.9. The molecule has 1 unspecified atom stereocenters. The number of benzene rings is 1. The van der Waals surface area contributed by atoms with Crippen LogP contribution in [0.1, 0.15) is 24.0 Å². The van der Waals surface area contributed by atoms with Gasteiger partial charge in [-0.05, 0) is 18.9 Å². The number of amides is 1. The fourth-order valence-electron chi connectivity index (χ4n) is 2.58. The largest absolute Gasteiger partial charge is 0.417 e. The highest BCUT2D eigenvalue weighted by atomic mass is 32.2. The van der Waals surface area contributed by atoms with Crippen molar-refractivity contribution >= 4 is 22.1 Å². The van der Waals surface area contributed by atoms with Crippen LogP contribution in [0.25, 0.3) is 0 Å². The number of hydrazone groups is 1. The standard InChI is InChI=1S/C15H18F3N3O3S/c1-25(23,24)21-8-4-6-12(10-21)14(22)20-19-9-11-5-2-3-7-13(11)15(16,17)18/h2-3,5,7,9,12H,4,6,8,10H2,1H3,(H,20,22). The second kappa shape index (κ2) is 7.52. The van der Waals surface area contributed by atoms with Crippen molar-refractivity contribution in [1.82, 2.24) is 9.73 Å². The van der Waals surface area contributed by atoms with Crippen LogP contribution >= 0.6 is 0 Å². The Balaban J connectivity index is 2.02. The number of hydrogen-bond acceptors (Lipinski definition) is 4. The van der Waals surface area contributed by atoms with Gasteiger partial charge in [-0.3, -0.25) is 4.79 Å². The van der Waals surface area contributed by atoms with E-state index in [0.29, 0.717) is 19.4 Å². The Labute approximate surface area is 143 Å². The lowest BCUT2D eigenvalue weighted by molar-refractivity contribution is -0.137. The summed E-state index contributed by atoms with van der Waals surface area (Å²) in [6, 6.07) is 4.86. The molecular formula is C15H18F3N3O3S. The Hall–Kier alpha value is -1.94. The van der Waals surface area contributed by atoms with Gasteiger partial charge in [0.2, 0.25) is 15.9 Å². The van der Waals surface area contributed by atoms with E-state index in [1.54, 1.807) is 0 Å². The number of nitrogens with one attached hydrogen (secondary N) is 1. The molecule has 0 aromatic heterocycles. The third kappa shape index (κ3) is 5.27. The zero-order chi connectivity index (χ0) is 18.7. The molecule has 1 heterocycles. The first-order chi connectivity index (χ1) is 11.6. The number of nitrogens with zero attached hydrogens (tertiary/aromatic N) is 2. The average molecular weight is 377 g/mol. The highest BCUT2D eigenvalue weighted by molar-refractivity contribution is 7.88. The van der Waals surface area contributed by atoms with Gasteiger partial charge in [0.05, 0.1) is 24.0 Å². The Morgan fingerprint density at radius 1 is 1.36 bits per heavy atom. The van der Waals surface area contributed by atoms with Gasteiger partial charge in [-0.1, -0.05) is 18.2 Å². The summed E-state index contributed by atoms with van der Waals surface area (Å²) in [7, 11) is -3.39. The first-order valence-electron chi connectivity index (χ1n) is 7.53. The lowest BCUT2D eigenvalue weighted by atomic mass is 9.99. The number of piperidine rings is 1. The van der Waals surface area contributed by atoms with Gasteiger partial charge in [-0.15, -0.1) is 0 Å². The molecule has 1 aromatic rings. The number of carbonyl (C=O) groups is 1. The summed E-state index contributed by atoms with van der Waals surface area (Å²) in [5.41, 5.74) is 1.17. The molecule has 0 saturated carbocycles. The fraction of sp³-hybridized carbons (Fsp3) is 0.467. The second-order valence-electron chi connectivity index (χ2n) is 5.78. The van der Waals surface area contributed by atoms with Crippen LogP contribution in [0.4, 0.5) is 13.2 Å². The number of alkyl halides is 3. The summed E-state index contributed by atoms with van der Waals surface area (Å²) in [6.45, 7) is 0.393. The minimum absolute atomic E-state index is 0.0410. The maximum Gasteiger partial charge on any atom is 0.417 e. The summed E-state index contributed by atoms with van der Waals surface area (Å²) in [4.78, 5) is 12.1. The van der Waals surface area contributed by atoms with E-state index in [0.717, 1.165) is 18.5 Å². The second-order valence-corrected chi connectivity index (χ2v) is 7.76. The van der Waals surface area contributed by atoms with E-state index >= 15 is 0 Å². The molecule has 0 radical (unpaired) electrons. The fourth-order valence-corrected chi connectivity index (χ4v) is 3.49.